The van der Waals surface area contributed by atoms with Crippen molar-refractivity contribution in [3.63, 3.8) is 0 Å². The molecule has 2 rings (SSSR count). The second kappa shape index (κ2) is 12.2. The molecule has 0 aromatic heterocycles. The Morgan fingerprint density at radius 1 is 0.939 bits per heavy atom. The second-order valence-corrected chi connectivity index (χ2v) is 9.36. The second-order valence-electron chi connectivity index (χ2n) is 7.42. The maximum atomic E-state index is 12.9. The van der Waals surface area contributed by atoms with Gasteiger partial charge in [0, 0.05) is 30.9 Å². The highest BCUT2D eigenvalue weighted by molar-refractivity contribution is 7.89. The van der Waals surface area contributed by atoms with Gasteiger partial charge in [-0.05, 0) is 48.9 Å². The van der Waals surface area contributed by atoms with Gasteiger partial charge >= 0.3 is 0 Å². The fourth-order valence-electron chi connectivity index (χ4n) is 3.20. The third-order valence-corrected chi connectivity index (χ3v) is 7.12. The van der Waals surface area contributed by atoms with Crippen LogP contribution in [-0.4, -0.2) is 50.7 Å². The molecule has 10 heteroatoms. The summed E-state index contributed by atoms with van der Waals surface area (Å²) >= 11 is 0. The van der Waals surface area contributed by atoms with Crippen LogP contribution >= 0.6 is 0 Å². The molecule has 0 unspecified atom stereocenters. The van der Waals surface area contributed by atoms with Gasteiger partial charge in [-0.15, -0.1) is 0 Å². The molecule has 2 amide bonds. The van der Waals surface area contributed by atoms with Crippen molar-refractivity contribution in [3.8, 4) is 0 Å². The van der Waals surface area contributed by atoms with Crippen LogP contribution in [0.4, 0.5) is 17.1 Å². The normalized spacial score (nSPS) is 11.3. The predicted molar refractivity (Wildman–Crippen MR) is 132 cm³/mol. The van der Waals surface area contributed by atoms with Crippen LogP contribution in [0.1, 0.15) is 44.0 Å². The smallest absolute Gasteiger partial charge is 0.248 e. The molecule has 0 aliphatic rings. The van der Waals surface area contributed by atoms with E-state index in [9.17, 15) is 18.0 Å². The molecule has 0 atom stereocenters. The van der Waals surface area contributed by atoms with E-state index in [4.69, 9.17) is 5.73 Å². The quantitative estimate of drug-likeness (QED) is 0.329. The van der Waals surface area contributed by atoms with Gasteiger partial charge in [-0.1, -0.05) is 27.2 Å². The predicted octanol–water partition coefficient (Wildman–Crippen LogP) is 3.08. The van der Waals surface area contributed by atoms with Gasteiger partial charge < -0.3 is 21.7 Å². The highest BCUT2D eigenvalue weighted by Crippen LogP contribution is 2.27. The molecule has 2 aromatic carbocycles. The first-order valence-electron chi connectivity index (χ1n) is 11.0. The molecule has 0 saturated carbocycles. The summed E-state index contributed by atoms with van der Waals surface area (Å²) in [7, 11) is -3.64. The molecule has 0 fully saturated rings. The van der Waals surface area contributed by atoms with Crippen LogP contribution in [0.2, 0.25) is 0 Å². The maximum absolute atomic E-state index is 12.9. The molecule has 2 aromatic rings. The molecule has 180 valence electrons. The van der Waals surface area contributed by atoms with Crippen LogP contribution in [0.25, 0.3) is 0 Å². The zero-order chi connectivity index (χ0) is 24.4. The summed E-state index contributed by atoms with van der Waals surface area (Å²) in [6.45, 7) is 7.06. The van der Waals surface area contributed by atoms with Crippen LogP contribution in [0.5, 0.6) is 0 Å². The lowest BCUT2D eigenvalue weighted by atomic mass is 10.2. The number of nitrogens with one attached hydrogen (secondary N) is 3. The lowest BCUT2D eigenvalue weighted by molar-refractivity contribution is -0.114. The first-order chi connectivity index (χ1) is 15.7. The number of hydrogen-bond acceptors (Lipinski definition) is 6. The molecule has 0 radical (unpaired) electrons. The Labute approximate surface area is 195 Å². The van der Waals surface area contributed by atoms with Crippen LogP contribution in [0.15, 0.2) is 47.4 Å². The number of nitrogens with two attached hydrogens (primary N) is 1. The topological polar surface area (TPSA) is 134 Å². The zero-order valence-corrected chi connectivity index (χ0v) is 20.2. The van der Waals surface area contributed by atoms with E-state index in [-0.39, 0.29) is 17.3 Å². The van der Waals surface area contributed by atoms with Crippen LogP contribution in [0, 0.1) is 0 Å². The first kappa shape index (κ1) is 26.1. The standard InChI is InChI=1S/C23H33N5O4S/c1-4-7-14-25-20-13-12-19(33(31,32)28(5-2)6-3)15-21(20)26-16-22(29)27-18-10-8-17(9-11-18)23(24)30/h8-13,15,25-26H,4-7,14,16H2,1-3H3,(H2,24,30)(H,27,29). The first-order valence-corrected chi connectivity index (χ1v) is 12.5. The summed E-state index contributed by atoms with van der Waals surface area (Å²) in [6.07, 6.45) is 1.97. The Hall–Kier alpha value is -3.11. The SMILES string of the molecule is CCCCNc1ccc(S(=O)(=O)N(CC)CC)cc1NCC(=O)Nc1ccc(C(N)=O)cc1. The summed E-state index contributed by atoms with van der Waals surface area (Å²) in [5.74, 6) is -0.865. The van der Waals surface area contributed by atoms with E-state index < -0.39 is 15.9 Å². The fraction of sp³-hybridized carbons (Fsp3) is 0.391. The summed E-state index contributed by atoms with van der Waals surface area (Å²) in [4.78, 5) is 23.8. The molecule has 0 aliphatic heterocycles. The number of nitrogens with zero attached hydrogens (tertiary/aromatic N) is 1. The van der Waals surface area contributed by atoms with Crippen molar-refractivity contribution in [2.75, 3.05) is 42.1 Å². The van der Waals surface area contributed by atoms with Gasteiger partial charge in [0.25, 0.3) is 0 Å². The number of rotatable bonds is 13. The van der Waals surface area contributed by atoms with Gasteiger partial charge in [0.2, 0.25) is 21.8 Å². The molecule has 33 heavy (non-hydrogen) atoms. The number of benzene rings is 2. The number of unbranched alkanes of at least 4 members (excludes halogenated alkanes) is 1. The van der Waals surface area contributed by atoms with Crippen LogP contribution in [0.3, 0.4) is 0 Å². The zero-order valence-electron chi connectivity index (χ0n) is 19.3. The fourth-order valence-corrected chi connectivity index (χ4v) is 4.68. The van der Waals surface area contributed by atoms with Crippen LogP contribution in [-0.2, 0) is 14.8 Å². The van der Waals surface area contributed by atoms with Gasteiger partial charge in [0.1, 0.15) is 0 Å². The Bertz CT molecular complexity index is 1050. The third kappa shape index (κ3) is 7.19. The summed E-state index contributed by atoms with van der Waals surface area (Å²) in [6, 6.07) is 11.1. The largest absolute Gasteiger partial charge is 0.383 e. The van der Waals surface area contributed by atoms with E-state index in [0.29, 0.717) is 30.0 Å². The Morgan fingerprint density at radius 3 is 2.18 bits per heavy atom. The van der Waals surface area contributed by atoms with Crippen molar-refractivity contribution in [2.24, 2.45) is 5.73 Å². The number of hydrogen-bond donors (Lipinski definition) is 4. The number of anilines is 3. The van der Waals surface area contributed by atoms with Gasteiger partial charge in [0.15, 0.2) is 0 Å². The van der Waals surface area contributed by atoms with E-state index in [1.165, 1.54) is 16.4 Å². The average molecular weight is 476 g/mol. The maximum Gasteiger partial charge on any atom is 0.248 e. The molecule has 0 spiro atoms. The minimum absolute atomic E-state index is 0.0746. The van der Waals surface area contributed by atoms with Gasteiger partial charge in [-0.25, -0.2) is 8.42 Å². The molecule has 0 saturated heterocycles. The van der Waals surface area contributed by atoms with Crippen LogP contribution < -0.4 is 21.7 Å². The van der Waals surface area contributed by atoms with Crippen molar-refractivity contribution in [3.05, 3.63) is 48.0 Å². The Morgan fingerprint density at radius 2 is 1.61 bits per heavy atom. The van der Waals surface area contributed by atoms with Crippen molar-refractivity contribution in [1.29, 1.82) is 0 Å². The molecule has 0 heterocycles. The summed E-state index contributed by atoms with van der Waals surface area (Å²) in [5, 5.41) is 9.07. The summed E-state index contributed by atoms with van der Waals surface area (Å²) < 4.78 is 27.3. The van der Waals surface area contributed by atoms with Crippen molar-refractivity contribution < 1.29 is 18.0 Å². The van der Waals surface area contributed by atoms with Crippen molar-refractivity contribution in [1.82, 2.24) is 4.31 Å². The number of carbonyl (C=O) groups is 2. The number of primary amides is 1. The van der Waals surface area contributed by atoms with E-state index in [0.717, 1.165) is 25.1 Å². The van der Waals surface area contributed by atoms with Gasteiger partial charge in [0.05, 0.1) is 22.8 Å². The molecular weight excluding hydrogens is 442 g/mol. The Balaban J connectivity index is 2.18. The van der Waals surface area contributed by atoms with E-state index in [1.54, 1.807) is 44.2 Å². The lowest BCUT2D eigenvalue weighted by Crippen LogP contribution is -2.30. The highest BCUT2D eigenvalue weighted by atomic mass is 32.2. The Kier molecular flexibility index (Phi) is 9.68. The highest BCUT2D eigenvalue weighted by Gasteiger charge is 2.22. The average Bonchev–Trinajstić information content (AvgIpc) is 2.79. The third-order valence-electron chi connectivity index (χ3n) is 5.07. The minimum Gasteiger partial charge on any atom is -0.383 e. The molecular formula is C23H33N5O4S. The van der Waals surface area contributed by atoms with Gasteiger partial charge in [-0.3, -0.25) is 9.59 Å². The molecule has 0 bridgehead atoms. The molecule has 5 N–H and O–H groups in total. The number of carbonyl (C=O) groups excluding carboxylic acids is 2. The number of sulfonamides is 1. The van der Waals surface area contributed by atoms with Crippen molar-refractivity contribution in [2.45, 2.75) is 38.5 Å². The van der Waals surface area contributed by atoms with Gasteiger partial charge in [-0.2, -0.15) is 4.31 Å². The summed E-state index contributed by atoms with van der Waals surface area (Å²) in [5.41, 5.74) is 7.34. The van der Waals surface area contributed by atoms with E-state index in [1.807, 2.05) is 0 Å². The van der Waals surface area contributed by atoms with Crippen molar-refractivity contribution >= 4 is 38.9 Å². The van der Waals surface area contributed by atoms with E-state index >= 15 is 0 Å². The lowest BCUT2D eigenvalue weighted by Gasteiger charge is -2.20. The monoisotopic (exact) mass is 475 g/mol. The minimum atomic E-state index is -3.64. The van der Waals surface area contributed by atoms with E-state index in [2.05, 4.69) is 22.9 Å². The number of amides is 2. The molecule has 9 nitrogen and oxygen atoms in total. The molecule has 0 aliphatic carbocycles.